The molecular formula is C15H19ClF2N2O. The Morgan fingerprint density at radius 1 is 1.14 bits per heavy atom. The van der Waals surface area contributed by atoms with Gasteiger partial charge in [-0.25, -0.2) is 0 Å². The predicted octanol–water partition coefficient (Wildman–Crippen LogP) is 2.55. The first-order chi connectivity index (χ1) is 9.57. The Labute approximate surface area is 129 Å². The van der Waals surface area contributed by atoms with Crippen molar-refractivity contribution in [2.75, 3.05) is 13.1 Å². The minimum absolute atomic E-state index is 0. The van der Waals surface area contributed by atoms with Crippen LogP contribution < -0.4 is 5.32 Å². The Morgan fingerprint density at radius 3 is 2.52 bits per heavy atom. The summed E-state index contributed by atoms with van der Waals surface area (Å²) in [6.07, 6.45) is 2.81. The van der Waals surface area contributed by atoms with Gasteiger partial charge in [0.2, 0.25) is 0 Å². The summed E-state index contributed by atoms with van der Waals surface area (Å²) in [4.78, 5) is 13.5. The second kappa shape index (κ2) is 6.28. The van der Waals surface area contributed by atoms with Crippen LogP contribution in [-0.4, -0.2) is 36.0 Å². The highest BCUT2D eigenvalue weighted by Gasteiger charge is 2.45. The lowest BCUT2D eigenvalue weighted by Gasteiger charge is -2.28. The molecule has 3 nitrogen and oxygen atoms in total. The van der Waals surface area contributed by atoms with Gasteiger partial charge >= 0.3 is 5.92 Å². The van der Waals surface area contributed by atoms with E-state index in [1.165, 1.54) is 29.2 Å². The number of carbonyl (C=O) groups excluding carboxylic acids is 1. The van der Waals surface area contributed by atoms with Gasteiger partial charge in [-0.3, -0.25) is 4.79 Å². The SMILES string of the molecule is Cl.O=C(N1CCC2CCC(C1)N2)C(F)(F)c1ccccc1. The fourth-order valence-corrected chi connectivity index (χ4v) is 3.10. The van der Waals surface area contributed by atoms with Gasteiger partial charge in [0.1, 0.15) is 0 Å². The van der Waals surface area contributed by atoms with Crippen molar-refractivity contribution in [1.82, 2.24) is 10.2 Å². The molecule has 2 saturated heterocycles. The van der Waals surface area contributed by atoms with Gasteiger partial charge in [-0.1, -0.05) is 30.3 Å². The van der Waals surface area contributed by atoms with Gasteiger partial charge in [-0.15, -0.1) is 12.4 Å². The minimum atomic E-state index is -3.44. The lowest BCUT2D eigenvalue weighted by Crippen LogP contribution is -2.45. The van der Waals surface area contributed by atoms with E-state index in [2.05, 4.69) is 5.32 Å². The average molecular weight is 317 g/mol. The molecule has 1 amide bonds. The number of likely N-dealkylation sites (tertiary alicyclic amines) is 1. The summed E-state index contributed by atoms with van der Waals surface area (Å²) < 4.78 is 28.6. The van der Waals surface area contributed by atoms with Crippen molar-refractivity contribution >= 4 is 18.3 Å². The molecule has 0 saturated carbocycles. The molecule has 6 heteroatoms. The van der Waals surface area contributed by atoms with Crippen LogP contribution in [0, 0.1) is 0 Å². The second-order valence-electron chi connectivity index (χ2n) is 5.62. The average Bonchev–Trinajstić information content (AvgIpc) is 2.78. The second-order valence-corrected chi connectivity index (χ2v) is 5.62. The van der Waals surface area contributed by atoms with Gasteiger partial charge in [0.15, 0.2) is 0 Å². The predicted molar refractivity (Wildman–Crippen MR) is 78.7 cm³/mol. The molecular weight excluding hydrogens is 298 g/mol. The van der Waals surface area contributed by atoms with Crippen molar-refractivity contribution in [1.29, 1.82) is 0 Å². The molecule has 2 unspecified atom stereocenters. The van der Waals surface area contributed by atoms with E-state index in [-0.39, 0.29) is 24.0 Å². The van der Waals surface area contributed by atoms with Crippen molar-refractivity contribution in [3.63, 3.8) is 0 Å². The quantitative estimate of drug-likeness (QED) is 0.909. The van der Waals surface area contributed by atoms with Crippen molar-refractivity contribution < 1.29 is 13.6 Å². The smallest absolute Gasteiger partial charge is 0.336 e. The third-order valence-corrected chi connectivity index (χ3v) is 4.22. The van der Waals surface area contributed by atoms with Gasteiger partial charge < -0.3 is 10.2 Å². The van der Waals surface area contributed by atoms with Crippen LogP contribution in [0.1, 0.15) is 24.8 Å². The van der Waals surface area contributed by atoms with Crippen LogP contribution in [0.5, 0.6) is 0 Å². The van der Waals surface area contributed by atoms with Crippen LogP contribution in [0.15, 0.2) is 30.3 Å². The first-order valence-electron chi connectivity index (χ1n) is 7.06. The highest BCUT2D eigenvalue weighted by atomic mass is 35.5. The van der Waals surface area contributed by atoms with Gasteiger partial charge in [0.25, 0.3) is 5.91 Å². The summed E-state index contributed by atoms with van der Waals surface area (Å²) >= 11 is 0. The number of fused-ring (bicyclic) bond motifs is 2. The maximum atomic E-state index is 14.3. The number of carbonyl (C=O) groups is 1. The molecule has 1 N–H and O–H groups in total. The zero-order valence-electron chi connectivity index (χ0n) is 11.6. The topological polar surface area (TPSA) is 32.3 Å². The molecule has 1 aromatic carbocycles. The van der Waals surface area contributed by atoms with Crippen LogP contribution in [0.4, 0.5) is 8.78 Å². The summed E-state index contributed by atoms with van der Waals surface area (Å²) in [6.45, 7) is 0.799. The maximum Gasteiger partial charge on any atom is 0.349 e. The number of halogens is 3. The standard InChI is InChI=1S/C15H18F2N2O.ClH/c16-15(17,11-4-2-1-3-5-11)14(20)19-9-8-12-6-7-13(10-19)18-12;/h1-5,12-13,18H,6-10H2;1H. The number of benzene rings is 1. The fourth-order valence-electron chi connectivity index (χ4n) is 3.10. The lowest BCUT2D eigenvalue weighted by atomic mass is 10.0. The van der Waals surface area contributed by atoms with Gasteiger partial charge in [-0.2, -0.15) is 8.78 Å². The normalized spacial score (nSPS) is 25.1. The largest absolute Gasteiger partial charge is 0.349 e. The summed E-state index contributed by atoms with van der Waals surface area (Å²) in [5, 5.41) is 3.39. The molecule has 2 atom stereocenters. The number of nitrogens with zero attached hydrogens (tertiary/aromatic N) is 1. The Balaban J connectivity index is 0.00000161. The molecule has 0 aliphatic carbocycles. The van der Waals surface area contributed by atoms with E-state index in [1.807, 2.05) is 0 Å². The summed E-state index contributed by atoms with van der Waals surface area (Å²) in [5.41, 5.74) is -0.229. The summed E-state index contributed by atoms with van der Waals surface area (Å²) in [7, 11) is 0. The molecule has 0 spiro atoms. The van der Waals surface area contributed by atoms with Crippen molar-refractivity contribution in [3.05, 3.63) is 35.9 Å². The van der Waals surface area contributed by atoms with E-state index in [1.54, 1.807) is 6.07 Å². The van der Waals surface area contributed by atoms with Crippen LogP contribution in [0.3, 0.4) is 0 Å². The Hall–Kier alpha value is -1.20. The van der Waals surface area contributed by atoms with Gasteiger partial charge in [0, 0.05) is 30.7 Å². The molecule has 0 radical (unpaired) electrons. The number of alkyl halides is 2. The highest BCUT2D eigenvalue weighted by Crippen LogP contribution is 2.31. The lowest BCUT2D eigenvalue weighted by molar-refractivity contribution is -0.159. The van der Waals surface area contributed by atoms with Crippen LogP contribution in [-0.2, 0) is 10.7 Å². The van der Waals surface area contributed by atoms with E-state index in [4.69, 9.17) is 0 Å². The van der Waals surface area contributed by atoms with Crippen LogP contribution in [0.2, 0.25) is 0 Å². The highest BCUT2D eigenvalue weighted by molar-refractivity contribution is 5.85. The zero-order valence-corrected chi connectivity index (χ0v) is 12.4. The van der Waals surface area contributed by atoms with Gasteiger partial charge in [-0.05, 0) is 19.3 Å². The number of amides is 1. The molecule has 2 heterocycles. The number of hydrogen-bond donors (Lipinski definition) is 1. The van der Waals surface area contributed by atoms with E-state index in [0.717, 1.165) is 19.3 Å². The summed E-state index contributed by atoms with van der Waals surface area (Å²) in [6, 6.07) is 7.88. The van der Waals surface area contributed by atoms with Crippen molar-refractivity contribution in [2.45, 2.75) is 37.3 Å². The minimum Gasteiger partial charge on any atom is -0.336 e. The van der Waals surface area contributed by atoms with Crippen LogP contribution in [0.25, 0.3) is 0 Å². The molecule has 2 bridgehead atoms. The van der Waals surface area contributed by atoms with Crippen molar-refractivity contribution in [2.24, 2.45) is 0 Å². The Kier molecular flexibility index (Phi) is 4.84. The molecule has 116 valence electrons. The fraction of sp³-hybridized carbons (Fsp3) is 0.533. The monoisotopic (exact) mass is 316 g/mol. The molecule has 1 aromatic rings. The first-order valence-corrected chi connectivity index (χ1v) is 7.06. The van der Waals surface area contributed by atoms with Crippen molar-refractivity contribution in [3.8, 4) is 0 Å². The van der Waals surface area contributed by atoms with E-state index >= 15 is 0 Å². The first kappa shape index (κ1) is 16.2. The third-order valence-electron chi connectivity index (χ3n) is 4.22. The zero-order chi connectivity index (χ0) is 14.2. The van der Waals surface area contributed by atoms with E-state index in [9.17, 15) is 13.6 Å². The van der Waals surface area contributed by atoms with Crippen LogP contribution >= 0.6 is 12.4 Å². The molecule has 21 heavy (non-hydrogen) atoms. The van der Waals surface area contributed by atoms with E-state index < -0.39 is 11.8 Å². The molecule has 0 aromatic heterocycles. The number of nitrogens with one attached hydrogen (secondary N) is 1. The molecule has 2 fully saturated rings. The molecule has 2 aliphatic heterocycles. The number of hydrogen-bond acceptors (Lipinski definition) is 2. The Bertz CT molecular complexity index is 498. The number of rotatable bonds is 2. The Morgan fingerprint density at radius 2 is 1.81 bits per heavy atom. The molecule has 2 aliphatic rings. The maximum absolute atomic E-state index is 14.3. The van der Waals surface area contributed by atoms with E-state index in [0.29, 0.717) is 19.1 Å². The summed E-state index contributed by atoms with van der Waals surface area (Å²) in [5.74, 6) is -4.51. The third kappa shape index (κ3) is 3.19. The molecule has 3 rings (SSSR count). The van der Waals surface area contributed by atoms with Gasteiger partial charge in [0.05, 0.1) is 0 Å².